The molecular formula is C13H22N2. The summed E-state index contributed by atoms with van der Waals surface area (Å²) in [6.07, 6.45) is 3.55. The molecule has 1 aromatic carbocycles. The molecule has 0 aliphatic rings. The van der Waals surface area contributed by atoms with Crippen LogP contribution in [0.2, 0.25) is 0 Å². The summed E-state index contributed by atoms with van der Waals surface area (Å²) in [5.41, 5.74) is 9.34. The van der Waals surface area contributed by atoms with E-state index >= 15 is 0 Å². The molecule has 84 valence electrons. The standard InChI is InChI=1S/C13H22N2/c1-11-6-7-12(2)13(10-11)15-9-5-3-4-8-14/h6-7,10,15H,3-5,8-9,14H2,1-2H3. The number of nitrogens with two attached hydrogens (primary N) is 1. The zero-order valence-electron chi connectivity index (χ0n) is 9.84. The minimum absolute atomic E-state index is 0.809. The van der Waals surface area contributed by atoms with Crippen molar-refractivity contribution in [3.8, 4) is 0 Å². The molecule has 0 fully saturated rings. The van der Waals surface area contributed by atoms with Crippen LogP contribution < -0.4 is 11.1 Å². The molecule has 2 nitrogen and oxygen atoms in total. The first-order valence-electron chi connectivity index (χ1n) is 5.75. The largest absolute Gasteiger partial charge is 0.385 e. The first kappa shape index (κ1) is 12.1. The molecule has 0 aromatic heterocycles. The molecule has 0 aliphatic carbocycles. The fourth-order valence-electron chi connectivity index (χ4n) is 1.60. The Bertz CT molecular complexity index is 295. The number of unbranched alkanes of at least 4 members (excludes halogenated alkanes) is 2. The number of aryl methyl sites for hydroxylation is 2. The fraction of sp³-hybridized carbons (Fsp3) is 0.538. The van der Waals surface area contributed by atoms with Gasteiger partial charge in [-0.05, 0) is 50.4 Å². The van der Waals surface area contributed by atoms with E-state index in [1.165, 1.54) is 29.7 Å². The molecule has 15 heavy (non-hydrogen) atoms. The normalized spacial score (nSPS) is 10.3. The first-order valence-corrected chi connectivity index (χ1v) is 5.75. The summed E-state index contributed by atoms with van der Waals surface area (Å²) >= 11 is 0. The van der Waals surface area contributed by atoms with E-state index in [4.69, 9.17) is 5.73 Å². The molecule has 0 radical (unpaired) electrons. The van der Waals surface area contributed by atoms with E-state index in [9.17, 15) is 0 Å². The van der Waals surface area contributed by atoms with E-state index in [1.807, 2.05) is 0 Å². The molecule has 3 N–H and O–H groups in total. The number of benzene rings is 1. The zero-order chi connectivity index (χ0) is 11.1. The third kappa shape index (κ3) is 4.34. The Morgan fingerprint density at radius 3 is 2.67 bits per heavy atom. The number of hydrogen-bond acceptors (Lipinski definition) is 2. The van der Waals surface area contributed by atoms with Crippen LogP contribution in [0.15, 0.2) is 18.2 Å². The van der Waals surface area contributed by atoms with Crippen molar-refractivity contribution >= 4 is 5.69 Å². The summed E-state index contributed by atoms with van der Waals surface area (Å²) in [6.45, 7) is 6.12. The van der Waals surface area contributed by atoms with Crippen LogP contribution in [-0.2, 0) is 0 Å². The second kappa shape index (κ2) is 6.46. The summed E-state index contributed by atoms with van der Waals surface area (Å²) in [7, 11) is 0. The molecule has 0 heterocycles. The Morgan fingerprint density at radius 1 is 1.13 bits per heavy atom. The van der Waals surface area contributed by atoms with Crippen LogP contribution in [0.5, 0.6) is 0 Å². The molecule has 0 amide bonds. The molecule has 2 heteroatoms. The van der Waals surface area contributed by atoms with Gasteiger partial charge in [-0.15, -0.1) is 0 Å². The molecule has 0 unspecified atom stereocenters. The van der Waals surface area contributed by atoms with Crippen molar-refractivity contribution in [3.63, 3.8) is 0 Å². The van der Waals surface area contributed by atoms with Gasteiger partial charge in [0.25, 0.3) is 0 Å². The average molecular weight is 206 g/mol. The van der Waals surface area contributed by atoms with E-state index < -0.39 is 0 Å². The highest BCUT2D eigenvalue weighted by atomic mass is 14.9. The molecule has 0 spiro atoms. The molecule has 0 bridgehead atoms. The average Bonchev–Trinajstić information content (AvgIpc) is 2.23. The van der Waals surface area contributed by atoms with Gasteiger partial charge in [0, 0.05) is 12.2 Å². The summed E-state index contributed by atoms with van der Waals surface area (Å²) < 4.78 is 0. The Kier molecular flexibility index (Phi) is 5.19. The maximum atomic E-state index is 5.45. The van der Waals surface area contributed by atoms with Crippen LogP contribution in [0.25, 0.3) is 0 Å². The lowest BCUT2D eigenvalue weighted by Gasteiger charge is -2.10. The Balaban J connectivity index is 2.33. The van der Waals surface area contributed by atoms with Gasteiger partial charge in [-0.1, -0.05) is 18.6 Å². The third-order valence-electron chi connectivity index (χ3n) is 2.59. The van der Waals surface area contributed by atoms with Gasteiger partial charge in [0.15, 0.2) is 0 Å². The van der Waals surface area contributed by atoms with Gasteiger partial charge in [-0.2, -0.15) is 0 Å². The van der Waals surface area contributed by atoms with E-state index in [1.54, 1.807) is 0 Å². The predicted octanol–water partition coefficient (Wildman–Crippen LogP) is 2.84. The van der Waals surface area contributed by atoms with Gasteiger partial charge in [0.2, 0.25) is 0 Å². The summed E-state index contributed by atoms with van der Waals surface area (Å²) in [6, 6.07) is 6.52. The molecule has 1 aromatic rings. The maximum Gasteiger partial charge on any atom is 0.0372 e. The van der Waals surface area contributed by atoms with Crippen molar-refractivity contribution in [1.29, 1.82) is 0 Å². The van der Waals surface area contributed by atoms with Gasteiger partial charge < -0.3 is 11.1 Å². The quantitative estimate of drug-likeness (QED) is 0.702. The van der Waals surface area contributed by atoms with E-state index in [0.29, 0.717) is 0 Å². The number of hydrogen-bond donors (Lipinski definition) is 2. The third-order valence-corrected chi connectivity index (χ3v) is 2.59. The highest BCUT2D eigenvalue weighted by molar-refractivity contribution is 5.52. The van der Waals surface area contributed by atoms with Crippen LogP contribution in [0.1, 0.15) is 30.4 Å². The molecule has 0 atom stereocenters. The molecule has 1 rings (SSSR count). The summed E-state index contributed by atoms with van der Waals surface area (Å²) in [5.74, 6) is 0. The van der Waals surface area contributed by atoms with E-state index in [0.717, 1.165) is 19.5 Å². The summed E-state index contributed by atoms with van der Waals surface area (Å²) in [4.78, 5) is 0. The number of rotatable bonds is 6. The minimum atomic E-state index is 0.809. The number of anilines is 1. The SMILES string of the molecule is Cc1ccc(C)c(NCCCCCN)c1. The monoisotopic (exact) mass is 206 g/mol. The lowest BCUT2D eigenvalue weighted by molar-refractivity contribution is 0.707. The molecule has 0 aliphatic heterocycles. The fourth-order valence-corrected chi connectivity index (χ4v) is 1.60. The van der Waals surface area contributed by atoms with Crippen LogP contribution >= 0.6 is 0 Å². The lowest BCUT2D eigenvalue weighted by Crippen LogP contribution is -2.05. The van der Waals surface area contributed by atoms with Crippen LogP contribution in [0, 0.1) is 13.8 Å². The second-order valence-electron chi connectivity index (χ2n) is 4.09. The van der Waals surface area contributed by atoms with Gasteiger partial charge in [0.1, 0.15) is 0 Å². The minimum Gasteiger partial charge on any atom is -0.385 e. The van der Waals surface area contributed by atoms with Crippen molar-refractivity contribution in [2.75, 3.05) is 18.4 Å². The van der Waals surface area contributed by atoms with Crippen molar-refractivity contribution in [2.45, 2.75) is 33.1 Å². The lowest BCUT2D eigenvalue weighted by atomic mass is 10.1. The van der Waals surface area contributed by atoms with Crippen molar-refractivity contribution in [3.05, 3.63) is 29.3 Å². The van der Waals surface area contributed by atoms with Crippen molar-refractivity contribution in [2.24, 2.45) is 5.73 Å². The van der Waals surface area contributed by atoms with Gasteiger partial charge >= 0.3 is 0 Å². The Hall–Kier alpha value is -1.02. The first-order chi connectivity index (χ1) is 7.24. The van der Waals surface area contributed by atoms with Gasteiger partial charge in [0.05, 0.1) is 0 Å². The number of nitrogens with one attached hydrogen (secondary N) is 1. The molecule has 0 saturated heterocycles. The predicted molar refractivity (Wildman–Crippen MR) is 67.3 cm³/mol. The highest BCUT2D eigenvalue weighted by Crippen LogP contribution is 2.16. The topological polar surface area (TPSA) is 38.0 Å². The maximum absolute atomic E-state index is 5.45. The second-order valence-corrected chi connectivity index (χ2v) is 4.09. The van der Waals surface area contributed by atoms with Crippen molar-refractivity contribution < 1.29 is 0 Å². The van der Waals surface area contributed by atoms with Crippen LogP contribution in [0.4, 0.5) is 5.69 Å². The summed E-state index contributed by atoms with van der Waals surface area (Å²) in [5, 5.41) is 3.47. The Labute approximate surface area is 92.9 Å². The van der Waals surface area contributed by atoms with Crippen LogP contribution in [-0.4, -0.2) is 13.1 Å². The van der Waals surface area contributed by atoms with Crippen LogP contribution in [0.3, 0.4) is 0 Å². The Morgan fingerprint density at radius 2 is 1.93 bits per heavy atom. The van der Waals surface area contributed by atoms with E-state index in [2.05, 4.69) is 37.4 Å². The highest BCUT2D eigenvalue weighted by Gasteiger charge is 1.97. The van der Waals surface area contributed by atoms with Gasteiger partial charge in [-0.25, -0.2) is 0 Å². The zero-order valence-corrected chi connectivity index (χ0v) is 9.84. The molecular weight excluding hydrogens is 184 g/mol. The van der Waals surface area contributed by atoms with Gasteiger partial charge in [-0.3, -0.25) is 0 Å². The smallest absolute Gasteiger partial charge is 0.0372 e. The van der Waals surface area contributed by atoms with Crippen molar-refractivity contribution in [1.82, 2.24) is 0 Å². The molecule has 0 saturated carbocycles. The van der Waals surface area contributed by atoms with E-state index in [-0.39, 0.29) is 0 Å².